The van der Waals surface area contributed by atoms with E-state index in [2.05, 4.69) is 55.4 Å². The number of fused-ring (bicyclic) bond motifs is 1. The van der Waals surface area contributed by atoms with Crippen molar-refractivity contribution in [2.24, 2.45) is 0 Å². The summed E-state index contributed by atoms with van der Waals surface area (Å²) in [5.74, 6) is 1.71. The van der Waals surface area contributed by atoms with E-state index in [4.69, 9.17) is 16.6 Å². The molecular weight excluding hydrogens is 282 g/mol. The maximum absolute atomic E-state index is 5.94. The van der Waals surface area contributed by atoms with Crippen molar-refractivity contribution in [2.45, 2.75) is 52.7 Å². The maximum atomic E-state index is 5.94. The van der Waals surface area contributed by atoms with Gasteiger partial charge < -0.3 is 4.57 Å². The molecule has 0 bridgehead atoms. The lowest BCUT2D eigenvalue weighted by atomic mass is 10.2. The number of aromatic nitrogens is 2. The largest absolute Gasteiger partial charge is 0.327 e. The van der Waals surface area contributed by atoms with E-state index in [9.17, 15) is 0 Å². The fourth-order valence-corrected chi connectivity index (χ4v) is 3.15. The van der Waals surface area contributed by atoms with Gasteiger partial charge in [0, 0.05) is 37.5 Å². The van der Waals surface area contributed by atoms with Gasteiger partial charge >= 0.3 is 0 Å². The fourth-order valence-electron chi connectivity index (χ4n) is 2.98. The molecule has 0 aliphatic rings. The molecule has 1 aromatic heterocycles. The second kappa shape index (κ2) is 7.28. The van der Waals surface area contributed by atoms with Crippen molar-refractivity contribution in [3.63, 3.8) is 0 Å². The van der Waals surface area contributed by atoms with E-state index < -0.39 is 0 Å². The van der Waals surface area contributed by atoms with E-state index in [0.29, 0.717) is 18.0 Å². The zero-order valence-corrected chi connectivity index (χ0v) is 14.3. The number of aryl methyl sites for hydroxylation is 1. The van der Waals surface area contributed by atoms with Crippen LogP contribution in [0.4, 0.5) is 0 Å². The topological polar surface area (TPSA) is 21.1 Å². The Kier molecular flexibility index (Phi) is 5.65. The van der Waals surface area contributed by atoms with Crippen molar-refractivity contribution < 1.29 is 0 Å². The highest BCUT2D eigenvalue weighted by Crippen LogP contribution is 2.17. The monoisotopic (exact) mass is 307 g/mol. The lowest BCUT2D eigenvalue weighted by Gasteiger charge is -2.30. The number of hydrogen-bond acceptors (Lipinski definition) is 2. The Balaban J connectivity index is 2.25. The van der Waals surface area contributed by atoms with Crippen molar-refractivity contribution in [3.8, 4) is 0 Å². The third-order valence-corrected chi connectivity index (χ3v) is 4.15. The standard InChI is InChI=1S/C17H26ClN3/c1-13(2)20(14(3)4)11-12-21-16-8-6-5-7-15(16)19-17(21)9-10-18/h5-8,13-14H,9-12H2,1-4H3. The average Bonchev–Trinajstić information content (AvgIpc) is 2.77. The van der Waals surface area contributed by atoms with Crippen LogP contribution in [-0.4, -0.2) is 39.0 Å². The molecule has 0 saturated carbocycles. The van der Waals surface area contributed by atoms with E-state index in [1.807, 2.05) is 6.07 Å². The van der Waals surface area contributed by atoms with Crippen LogP contribution in [0, 0.1) is 0 Å². The predicted octanol–water partition coefficient (Wildman–Crippen LogP) is 3.94. The number of benzene rings is 1. The van der Waals surface area contributed by atoms with Crippen molar-refractivity contribution in [2.75, 3.05) is 12.4 Å². The lowest BCUT2D eigenvalue weighted by molar-refractivity contribution is 0.168. The van der Waals surface area contributed by atoms with Gasteiger partial charge in [0.05, 0.1) is 11.0 Å². The van der Waals surface area contributed by atoms with Gasteiger partial charge in [-0.3, -0.25) is 4.90 Å². The molecule has 2 rings (SSSR count). The molecule has 116 valence electrons. The highest BCUT2D eigenvalue weighted by molar-refractivity contribution is 6.17. The minimum Gasteiger partial charge on any atom is -0.327 e. The van der Waals surface area contributed by atoms with Crippen LogP contribution >= 0.6 is 11.6 Å². The molecule has 0 fully saturated rings. The first-order chi connectivity index (χ1) is 10.0. The van der Waals surface area contributed by atoms with Crippen molar-refractivity contribution in [1.82, 2.24) is 14.5 Å². The molecule has 0 radical (unpaired) electrons. The summed E-state index contributed by atoms with van der Waals surface area (Å²) >= 11 is 5.94. The number of hydrogen-bond donors (Lipinski definition) is 0. The van der Waals surface area contributed by atoms with Crippen LogP contribution in [0.1, 0.15) is 33.5 Å². The van der Waals surface area contributed by atoms with E-state index in [1.54, 1.807) is 0 Å². The van der Waals surface area contributed by atoms with Gasteiger partial charge in [-0.2, -0.15) is 0 Å². The number of halogens is 1. The molecule has 0 aliphatic carbocycles. The highest BCUT2D eigenvalue weighted by atomic mass is 35.5. The second-order valence-corrected chi connectivity index (χ2v) is 6.41. The SMILES string of the molecule is CC(C)N(CCn1c(CCCl)nc2ccccc21)C(C)C. The van der Waals surface area contributed by atoms with Crippen molar-refractivity contribution in [1.29, 1.82) is 0 Å². The summed E-state index contributed by atoms with van der Waals surface area (Å²) < 4.78 is 2.33. The summed E-state index contributed by atoms with van der Waals surface area (Å²) in [6.07, 6.45) is 0.819. The molecule has 4 heteroatoms. The first-order valence-corrected chi connectivity index (χ1v) is 8.34. The van der Waals surface area contributed by atoms with E-state index in [1.165, 1.54) is 5.52 Å². The van der Waals surface area contributed by atoms with E-state index in [-0.39, 0.29) is 0 Å². The molecule has 0 amide bonds. The number of imidazole rings is 1. The normalized spacial score (nSPS) is 12.2. The molecule has 0 aliphatic heterocycles. The van der Waals surface area contributed by atoms with E-state index >= 15 is 0 Å². The number of nitrogens with zero attached hydrogens (tertiary/aromatic N) is 3. The van der Waals surface area contributed by atoms with Gasteiger partial charge in [0.25, 0.3) is 0 Å². The summed E-state index contributed by atoms with van der Waals surface area (Å²) in [7, 11) is 0. The van der Waals surface area contributed by atoms with Gasteiger partial charge in [-0.15, -0.1) is 11.6 Å². The van der Waals surface area contributed by atoms with Crippen LogP contribution in [0.2, 0.25) is 0 Å². The first kappa shape index (κ1) is 16.3. The summed E-state index contributed by atoms with van der Waals surface area (Å²) in [6.45, 7) is 11.0. The third-order valence-electron chi connectivity index (χ3n) is 3.96. The predicted molar refractivity (Wildman–Crippen MR) is 91.1 cm³/mol. The van der Waals surface area contributed by atoms with Crippen LogP contribution in [0.3, 0.4) is 0 Å². The Morgan fingerprint density at radius 1 is 1.14 bits per heavy atom. The van der Waals surface area contributed by atoms with E-state index in [0.717, 1.165) is 30.9 Å². The molecule has 1 aromatic carbocycles. The van der Waals surface area contributed by atoms with Crippen molar-refractivity contribution in [3.05, 3.63) is 30.1 Å². The Morgan fingerprint density at radius 3 is 2.43 bits per heavy atom. The molecular formula is C17H26ClN3. The van der Waals surface area contributed by atoms with Crippen LogP contribution in [0.25, 0.3) is 11.0 Å². The summed E-state index contributed by atoms with van der Waals surface area (Å²) in [4.78, 5) is 7.24. The molecule has 0 N–H and O–H groups in total. The van der Waals surface area contributed by atoms with Crippen molar-refractivity contribution >= 4 is 22.6 Å². The zero-order valence-electron chi connectivity index (χ0n) is 13.5. The quantitative estimate of drug-likeness (QED) is 0.723. The first-order valence-electron chi connectivity index (χ1n) is 7.80. The second-order valence-electron chi connectivity index (χ2n) is 6.03. The molecule has 0 spiro atoms. The summed E-state index contributed by atoms with van der Waals surface area (Å²) in [6, 6.07) is 9.45. The van der Waals surface area contributed by atoms with Gasteiger partial charge in [0.15, 0.2) is 0 Å². The number of rotatable bonds is 7. The smallest absolute Gasteiger partial charge is 0.111 e. The highest BCUT2D eigenvalue weighted by Gasteiger charge is 2.15. The molecule has 0 saturated heterocycles. The average molecular weight is 308 g/mol. The third kappa shape index (κ3) is 3.78. The summed E-state index contributed by atoms with van der Waals surface area (Å²) in [5, 5.41) is 0. The lowest BCUT2D eigenvalue weighted by Crippen LogP contribution is -2.39. The molecule has 3 nitrogen and oxygen atoms in total. The van der Waals surface area contributed by atoms with Crippen LogP contribution < -0.4 is 0 Å². The Labute approximate surface area is 132 Å². The van der Waals surface area contributed by atoms with Gasteiger partial charge in [0.2, 0.25) is 0 Å². The van der Waals surface area contributed by atoms with Crippen LogP contribution in [-0.2, 0) is 13.0 Å². The Bertz CT molecular complexity index is 566. The molecule has 1 heterocycles. The molecule has 2 aromatic rings. The minimum atomic E-state index is 0.552. The molecule has 0 atom stereocenters. The van der Waals surface area contributed by atoms with Gasteiger partial charge in [-0.25, -0.2) is 4.98 Å². The summed E-state index contributed by atoms with van der Waals surface area (Å²) in [5.41, 5.74) is 2.28. The minimum absolute atomic E-state index is 0.552. The fraction of sp³-hybridized carbons (Fsp3) is 0.588. The Morgan fingerprint density at radius 2 is 1.81 bits per heavy atom. The van der Waals surface area contributed by atoms with Crippen LogP contribution in [0.15, 0.2) is 24.3 Å². The molecule has 0 unspecified atom stereocenters. The molecule has 21 heavy (non-hydrogen) atoms. The number of para-hydroxylation sites is 2. The zero-order chi connectivity index (χ0) is 15.4. The van der Waals surface area contributed by atoms with Gasteiger partial charge in [-0.1, -0.05) is 12.1 Å². The Hall–Kier alpha value is -1.06. The van der Waals surface area contributed by atoms with Gasteiger partial charge in [-0.05, 0) is 39.8 Å². The maximum Gasteiger partial charge on any atom is 0.111 e. The van der Waals surface area contributed by atoms with Crippen LogP contribution in [0.5, 0.6) is 0 Å². The number of alkyl halides is 1. The van der Waals surface area contributed by atoms with Gasteiger partial charge in [0.1, 0.15) is 5.82 Å².